The van der Waals surface area contributed by atoms with Gasteiger partial charge in [-0.15, -0.1) is 11.8 Å². The summed E-state index contributed by atoms with van der Waals surface area (Å²) in [5.41, 5.74) is 1.82. The van der Waals surface area contributed by atoms with Gasteiger partial charge >= 0.3 is 0 Å². The minimum Gasteiger partial charge on any atom is -0.338 e. The van der Waals surface area contributed by atoms with Crippen molar-refractivity contribution in [1.82, 2.24) is 9.80 Å². The van der Waals surface area contributed by atoms with E-state index in [9.17, 15) is 9.59 Å². The summed E-state index contributed by atoms with van der Waals surface area (Å²) in [6.07, 6.45) is 3.29. The summed E-state index contributed by atoms with van der Waals surface area (Å²) in [5, 5.41) is 1.99. The third-order valence-electron chi connectivity index (χ3n) is 4.48. The SMILES string of the molecule is CC1CCCCN1C(=O)CN1C(=O)CSC=C1c1ccccc1. The summed E-state index contributed by atoms with van der Waals surface area (Å²) in [6, 6.07) is 10.1. The summed E-state index contributed by atoms with van der Waals surface area (Å²) in [6.45, 7) is 3.05. The van der Waals surface area contributed by atoms with Gasteiger partial charge < -0.3 is 9.80 Å². The highest BCUT2D eigenvalue weighted by Crippen LogP contribution is 2.28. The van der Waals surface area contributed by atoms with Crippen LogP contribution >= 0.6 is 11.8 Å². The second-order valence-electron chi connectivity index (χ2n) is 6.09. The Kier molecular flexibility index (Phi) is 5.06. The highest BCUT2D eigenvalue weighted by Gasteiger charge is 2.29. The van der Waals surface area contributed by atoms with Crippen LogP contribution in [0.4, 0.5) is 0 Å². The lowest BCUT2D eigenvalue weighted by Crippen LogP contribution is -2.48. The first-order valence-electron chi connectivity index (χ1n) is 8.14. The maximum absolute atomic E-state index is 12.7. The normalized spacial score (nSPS) is 22.0. The summed E-state index contributed by atoms with van der Waals surface area (Å²) in [4.78, 5) is 28.6. The van der Waals surface area contributed by atoms with Crippen LogP contribution in [0.15, 0.2) is 35.7 Å². The first-order chi connectivity index (χ1) is 11.2. The maximum Gasteiger partial charge on any atom is 0.242 e. The minimum atomic E-state index is 0.00867. The third-order valence-corrected chi connectivity index (χ3v) is 5.28. The van der Waals surface area contributed by atoms with E-state index in [1.165, 1.54) is 18.2 Å². The van der Waals surface area contributed by atoms with Gasteiger partial charge in [-0.2, -0.15) is 0 Å². The molecule has 0 aliphatic carbocycles. The van der Waals surface area contributed by atoms with Crippen molar-refractivity contribution in [2.24, 2.45) is 0 Å². The largest absolute Gasteiger partial charge is 0.338 e. The molecular formula is C18H22N2O2S. The smallest absolute Gasteiger partial charge is 0.242 e. The van der Waals surface area contributed by atoms with Crippen molar-refractivity contribution < 1.29 is 9.59 Å². The Labute approximate surface area is 141 Å². The molecule has 23 heavy (non-hydrogen) atoms. The molecule has 5 heteroatoms. The second-order valence-corrected chi connectivity index (χ2v) is 6.95. The highest BCUT2D eigenvalue weighted by atomic mass is 32.2. The fourth-order valence-electron chi connectivity index (χ4n) is 3.17. The van der Waals surface area contributed by atoms with Crippen LogP contribution in [0.2, 0.25) is 0 Å². The maximum atomic E-state index is 12.7. The van der Waals surface area contributed by atoms with E-state index < -0.39 is 0 Å². The fraction of sp³-hybridized carbons (Fsp3) is 0.444. The van der Waals surface area contributed by atoms with E-state index in [0.717, 1.165) is 30.6 Å². The Bertz CT molecular complexity index is 615. The number of thioether (sulfide) groups is 1. The molecule has 1 aromatic carbocycles. The lowest BCUT2D eigenvalue weighted by atomic mass is 10.0. The zero-order chi connectivity index (χ0) is 16.2. The van der Waals surface area contributed by atoms with Crippen LogP contribution < -0.4 is 0 Å². The lowest BCUT2D eigenvalue weighted by molar-refractivity contribution is -0.139. The minimum absolute atomic E-state index is 0.00867. The van der Waals surface area contributed by atoms with Crippen LogP contribution in [0.1, 0.15) is 31.7 Å². The molecule has 1 atom stereocenters. The number of amides is 2. The van der Waals surface area contributed by atoms with Crippen LogP contribution in [0.5, 0.6) is 0 Å². The Hall–Kier alpha value is -1.75. The molecule has 2 amide bonds. The molecule has 2 aliphatic heterocycles. The molecule has 1 aromatic rings. The van der Waals surface area contributed by atoms with E-state index in [1.807, 2.05) is 40.6 Å². The molecule has 1 fully saturated rings. The van der Waals surface area contributed by atoms with Crippen LogP contribution in [-0.2, 0) is 9.59 Å². The van der Waals surface area contributed by atoms with Crippen molar-refractivity contribution in [2.45, 2.75) is 32.2 Å². The lowest BCUT2D eigenvalue weighted by Gasteiger charge is -2.36. The fourth-order valence-corrected chi connectivity index (χ4v) is 3.97. The molecule has 0 aromatic heterocycles. The predicted molar refractivity (Wildman–Crippen MR) is 93.6 cm³/mol. The van der Waals surface area contributed by atoms with Gasteiger partial charge in [0.2, 0.25) is 11.8 Å². The quantitative estimate of drug-likeness (QED) is 0.855. The highest BCUT2D eigenvalue weighted by molar-refractivity contribution is 8.03. The number of hydrogen-bond donors (Lipinski definition) is 0. The van der Waals surface area contributed by atoms with Crippen LogP contribution in [-0.4, -0.2) is 46.5 Å². The molecule has 4 nitrogen and oxygen atoms in total. The molecule has 2 aliphatic rings. The topological polar surface area (TPSA) is 40.6 Å². The predicted octanol–water partition coefficient (Wildman–Crippen LogP) is 2.96. The van der Waals surface area contributed by atoms with E-state index in [1.54, 1.807) is 4.90 Å². The molecule has 1 unspecified atom stereocenters. The van der Waals surface area contributed by atoms with Crippen molar-refractivity contribution in [1.29, 1.82) is 0 Å². The molecule has 122 valence electrons. The van der Waals surface area contributed by atoms with E-state index >= 15 is 0 Å². The first kappa shape index (κ1) is 16.1. The molecule has 0 bridgehead atoms. The molecule has 0 N–H and O–H groups in total. The van der Waals surface area contributed by atoms with E-state index in [2.05, 4.69) is 6.92 Å². The van der Waals surface area contributed by atoms with Gasteiger partial charge in [0, 0.05) is 12.6 Å². The van der Waals surface area contributed by atoms with E-state index in [0.29, 0.717) is 5.75 Å². The summed E-state index contributed by atoms with van der Waals surface area (Å²) >= 11 is 1.49. The van der Waals surface area contributed by atoms with Gasteiger partial charge in [-0.3, -0.25) is 9.59 Å². The van der Waals surface area contributed by atoms with Crippen molar-refractivity contribution in [3.05, 3.63) is 41.3 Å². The zero-order valence-electron chi connectivity index (χ0n) is 13.4. The van der Waals surface area contributed by atoms with Gasteiger partial charge in [0.1, 0.15) is 6.54 Å². The number of rotatable bonds is 3. The molecule has 1 saturated heterocycles. The Balaban J connectivity index is 1.78. The number of likely N-dealkylation sites (tertiary alicyclic amines) is 1. The second kappa shape index (κ2) is 7.21. The van der Waals surface area contributed by atoms with Crippen LogP contribution in [0.25, 0.3) is 5.70 Å². The van der Waals surface area contributed by atoms with E-state index in [4.69, 9.17) is 0 Å². The van der Waals surface area contributed by atoms with Gasteiger partial charge in [-0.1, -0.05) is 30.3 Å². The Morgan fingerprint density at radius 2 is 2.04 bits per heavy atom. The Morgan fingerprint density at radius 1 is 1.26 bits per heavy atom. The average molecular weight is 330 g/mol. The van der Waals surface area contributed by atoms with Crippen LogP contribution in [0.3, 0.4) is 0 Å². The third kappa shape index (κ3) is 3.61. The average Bonchev–Trinajstić information content (AvgIpc) is 2.58. The Morgan fingerprint density at radius 3 is 2.78 bits per heavy atom. The van der Waals surface area contributed by atoms with Gasteiger partial charge in [-0.25, -0.2) is 0 Å². The first-order valence-corrected chi connectivity index (χ1v) is 9.18. The number of carbonyl (C=O) groups excluding carboxylic acids is 2. The number of carbonyl (C=O) groups is 2. The van der Waals surface area contributed by atoms with Crippen molar-refractivity contribution in [2.75, 3.05) is 18.8 Å². The van der Waals surface area contributed by atoms with Gasteiger partial charge in [-0.05, 0) is 37.2 Å². The molecule has 0 radical (unpaired) electrons. The molecule has 0 saturated carbocycles. The number of piperidine rings is 1. The molecule has 2 heterocycles. The van der Waals surface area contributed by atoms with Crippen molar-refractivity contribution in [3.8, 4) is 0 Å². The molecular weight excluding hydrogens is 308 g/mol. The van der Waals surface area contributed by atoms with Gasteiger partial charge in [0.05, 0.1) is 11.4 Å². The monoisotopic (exact) mass is 330 g/mol. The van der Waals surface area contributed by atoms with E-state index in [-0.39, 0.29) is 24.4 Å². The van der Waals surface area contributed by atoms with Crippen LogP contribution in [0, 0.1) is 0 Å². The number of hydrogen-bond acceptors (Lipinski definition) is 3. The number of benzene rings is 1. The summed E-state index contributed by atoms with van der Waals surface area (Å²) < 4.78 is 0. The van der Waals surface area contributed by atoms with Gasteiger partial charge in [0.25, 0.3) is 0 Å². The molecule has 0 spiro atoms. The zero-order valence-corrected chi connectivity index (χ0v) is 14.2. The van der Waals surface area contributed by atoms with Gasteiger partial charge in [0.15, 0.2) is 0 Å². The summed E-state index contributed by atoms with van der Waals surface area (Å²) in [7, 11) is 0. The number of nitrogens with zero attached hydrogens (tertiary/aromatic N) is 2. The standard InChI is InChI=1S/C18H22N2O2S/c1-14-7-5-6-10-19(14)17(21)11-20-16(12-23-13-18(20)22)15-8-3-2-4-9-15/h2-4,8-9,12,14H,5-7,10-11,13H2,1H3. The van der Waals surface area contributed by atoms with Crippen molar-refractivity contribution >= 4 is 29.3 Å². The molecule has 3 rings (SSSR count). The summed E-state index contributed by atoms with van der Waals surface area (Å²) in [5.74, 6) is 0.466. The van der Waals surface area contributed by atoms with Crippen molar-refractivity contribution in [3.63, 3.8) is 0 Å².